The molecule has 1 amide bonds. The van der Waals surface area contributed by atoms with Crippen molar-refractivity contribution in [3.05, 3.63) is 59.4 Å². The second-order valence-corrected chi connectivity index (χ2v) is 4.96. The van der Waals surface area contributed by atoms with E-state index in [2.05, 4.69) is 22.5 Å². The third kappa shape index (κ3) is 4.05. The first-order valence-electron chi connectivity index (χ1n) is 7.23. The second-order valence-electron chi connectivity index (χ2n) is 4.96. The fraction of sp³-hybridized carbons (Fsp3) is 0.294. The molecule has 21 heavy (non-hydrogen) atoms. The van der Waals surface area contributed by atoms with Crippen LogP contribution in [0.3, 0.4) is 0 Å². The van der Waals surface area contributed by atoms with Gasteiger partial charge in [-0.1, -0.05) is 31.2 Å². The predicted octanol–water partition coefficient (Wildman–Crippen LogP) is 3.14. The normalized spacial score (nSPS) is 10.2. The zero-order valence-corrected chi connectivity index (χ0v) is 12.5. The molecule has 0 fully saturated rings. The number of pyridine rings is 1. The molecule has 0 aliphatic heterocycles. The van der Waals surface area contributed by atoms with E-state index in [0.29, 0.717) is 12.1 Å². The van der Waals surface area contributed by atoms with Crippen molar-refractivity contribution < 1.29 is 4.79 Å². The lowest BCUT2D eigenvalue weighted by Crippen LogP contribution is -2.24. The maximum absolute atomic E-state index is 12.3. The maximum atomic E-state index is 12.3. The summed E-state index contributed by atoms with van der Waals surface area (Å²) >= 11 is 0. The van der Waals surface area contributed by atoms with Crippen molar-refractivity contribution in [1.29, 1.82) is 0 Å². The fourth-order valence-electron chi connectivity index (χ4n) is 2.07. The highest BCUT2D eigenvalue weighted by atomic mass is 16.1. The number of hydrogen-bond donors (Lipinski definition) is 2. The quantitative estimate of drug-likeness (QED) is 0.856. The molecule has 0 atom stereocenters. The standard InChI is InChI=1S/C17H21N3O/c1-3-9-19-16-8-10-18-12-15(16)17(21)20-11-14-7-5-4-6-13(14)2/h4-8,10,12H,3,9,11H2,1-2H3,(H,18,19)(H,20,21). The number of carbonyl (C=O) groups excluding carboxylic acids is 1. The van der Waals surface area contributed by atoms with Crippen LogP contribution in [0.2, 0.25) is 0 Å². The zero-order chi connectivity index (χ0) is 15.1. The molecule has 4 nitrogen and oxygen atoms in total. The highest BCUT2D eigenvalue weighted by Crippen LogP contribution is 2.14. The molecule has 4 heteroatoms. The Hall–Kier alpha value is -2.36. The molecule has 1 aromatic heterocycles. The molecule has 2 rings (SSSR count). The average Bonchev–Trinajstić information content (AvgIpc) is 2.52. The van der Waals surface area contributed by atoms with Crippen LogP contribution in [0.5, 0.6) is 0 Å². The lowest BCUT2D eigenvalue weighted by molar-refractivity contribution is 0.0951. The monoisotopic (exact) mass is 283 g/mol. The van der Waals surface area contributed by atoms with E-state index in [1.165, 1.54) is 5.56 Å². The van der Waals surface area contributed by atoms with Crippen LogP contribution in [0.1, 0.15) is 34.8 Å². The largest absolute Gasteiger partial charge is 0.384 e. The minimum Gasteiger partial charge on any atom is -0.384 e. The van der Waals surface area contributed by atoms with Crippen molar-refractivity contribution in [3.8, 4) is 0 Å². The van der Waals surface area contributed by atoms with Gasteiger partial charge in [-0.05, 0) is 30.5 Å². The van der Waals surface area contributed by atoms with E-state index in [4.69, 9.17) is 0 Å². The summed E-state index contributed by atoms with van der Waals surface area (Å²) in [5.74, 6) is -0.107. The Balaban J connectivity index is 2.05. The number of aryl methyl sites for hydroxylation is 1. The van der Waals surface area contributed by atoms with Gasteiger partial charge < -0.3 is 10.6 Å². The van der Waals surface area contributed by atoms with Crippen LogP contribution >= 0.6 is 0 Å². The van der Waals surface area contributed by atoms with E-state index in [9.17, 15) is 4.79 Å². The zero-order valence-electron chi connectivity index (χ0n) is 12.5. The minimum absolute atomic E-state index is 0.107. The van der Waals surface area contributed by atoms with Crippen molar-refractivity contribution in [1.82, 2.24) is 10.3 Å². The first-order chi connectivity index (χ1) is 10.2. The van der Waals surface area contributed by atoms with Gasteiger partial charge in [-0.2, -0.15) is 0 Å². The Morgan fingerprint density at radius 3 is 2.81 bits per heavy atom. The number of aromatic nitrogens is 1. The average molecular weight is 283 g/mol. The molecule has 1 aromatic carbocycles. The number of carbonyl (C=O) groups is 1. The van der Waals surface area contributed by atoms with E-state index in [-0.39, 0.29) is 5.91 Å². The number of anilines is 1. The number of amides is 1. The Morgan fingerprint density at radius 2 is 2.05 bits per heavy atom. The second kappa shape index (κ2) is 7.43. The summed E-state index contributed by atoms with van der Waals surface area (Å²) < 4.78 is 0. The van der Waals surface area contributed by atoms with E-state index in [0.717, 1.165) is 24.2 Å². The summed E-state index contributed by atoms with van der Waals surface area (Å²) in [6, 6.07) is 9.87. The molecule has 1 heterocycles. The van der Waals surface area contributed by atoms with Crippen LogP contribution in [0.15, 0.2) is 42.7 Å². The number of hydrogen-bond acceptors (Lipinski definition) is 3. The molecule has 0 saturated carbocycles. The predicted molar refractivity (Wildman–Crippen MR) is 85.4 cm³/mol. The molecule has 0 spiro atoms. The van der Waals surface area contributed by atoms with E-state index >= 15 is 0 Å². The molecular weight excluding hydrogens is 262 g/mol. The highest BCUT2D eigenvalue weighted by molar-refractivity contribution is 5.99. The Morgan fingerprint density at radius 1 is 1.24 bits per heavy atom. The van der Waals surface area contributed by atoms with Gasteiger partial charge in [0.2, 0.25) is 0 Å². The van der Waals surface area contributed by atoms with Gasteiger partial charge in [0.25, 0.3) is 5.91 Å². The Labute approximate surface area is 125 Å². The number of nitrogens with zero attached hydrogens (tertiary/aromatic N) is 1. The highest BCUT2D eigenvalue weighted by Gasteiger charge is 2.11. The van der Waals surface area contributed by atoms with Gasteiger partial charge in [0.1, 0.15) is 0 Å². The van der Waals surface area contributed by atoms with Gasteiger partial charge in [0.05, 0.1) is 11.3 Å². The Kier molecular flexibility index (Phi) is 5.32. The molecular formula is C17H21N3O. The van der Waals surface area contributed by atoms with Crippen molar-refractivity contribution in [3.63, 3.8) is 0 Å². The smallest absolute Gasteiger partial charge is 0.255 e. The molecule has 0 radical (unpaired) electrons. The minimum atomic E-state index is -0.107. The van der Waals surface area contributed by atoms with Crippen molar-refractivity contribution in [2.24, 2.45) is 0 Å². The maximum Gasteiger partial charge on any atom is 0.255 e. The van der Waals surface area contributed by atoms with E-state index in [1.807, 2.05) is 37.3 Å². The lowest BCUT2D eigenvalue weighted by Gasteiger charge is -2.12. The van der Waals surface area contributed by atoms with Gasteiger partial charge in [-0.3, -0.25) is 9.78 Å². The van der Waals surface area contributed by atoms with Crippen LogP contribution in [-0.4, -0.2) is 17.4 Å². The van der Waals surface area contributed by atoms with Gasteiger partial charge in [-0.15, -0.1) is 0 Å². The van der Waals surface area contributed by atoms with Crippen molar-refractivity contribution >= 4 is 11.6 Å². The molecule has 110 valence electrons. The molecule has 0 saturated heterocycles. The van der Waals surface area contributed by atoms with Crippen LogP contribution in [0.4, 0.5) is 5.69 Å². The molecule has 0 aliphatic rings. The van der Waals surface area contributed by atoms with Crippen LogP contribution < -0.4 is 10.6 Å². The molecule has 0 unspecified atom stereocenters. The number of nitrogens with one attached hydrogen (secondary N) is 2. The summed E-state index contributed by atoms with van der Waals surface area (Å²) in [7, 11) is 0. The summed E-state index contributed by atoms with van der Waals surface area (Å²) in [6.07, 6.45) is 4.30. The van der Waals surface area contributed by atoms with Crippen molar-refractivity contribution in [2.45, 2.75) is 26.8 Å². The van der Waals surface area contributed by atoms with Crippen LogP contribution in [-0.2, 0) is 6.54 Å². The van der Waals surface area contributed by atoms with Gasteiger partial charge in [0.15, 0.2) is 0 Å². The topological polar surface area (TPSA) is 54.0 Å². The van der Waals surface area contributed by atoms with Gasteiger partial charge in [0, 0.05) is 25.5 Å². The fourth-order valence-corrected chi connectivity index (χ4v) is 2.07. The third-order valence-corrected chi connectivity index (χ3v) is 3.33. The number of rotatable bonds is 6. The summed E-state index contributed by atoms with van der Waals surface area (Å²) in [4.78, 5) is 16.4. The van der Waals surface area contributed by atoms with Gasteiger partial charge >= 0.3 is 0 Å². The molecule has 0 bridgehead atoms. The van der Waals surface area contributed by atoms with Gasteiger partial charge in [-0.25, -0.2) is 0 Å². The van der Waals surface area contributed by atoms with E-state index < -0.39 is 0 Å². The SMILES string of the molecule is CCCNc1ccncc1C(=O)NCc1ccccc1C. The summed E-state index contributed by atoms with van der Waals surface area (Å²) in [6.45, 7) is 5.49. The summed E-state index contributed by atoms with van der Waals surface area (Å²) in [5.41, 5.74) is 3.71. The number of benzene rings is 1. The lowest BCUT2D eigenvalue weighted by atomic mass is 10.1. The van der Waals surface area contributed by atoms with Crippen LogP contribution in [0, 0.1) is 6.92 Å². The molecule has 2 aromatic rings. The summed E-state index contributed by atoms with van der Waals surface area (Å²) in [5, 5.41) is 6.21. The van der Waals surface area contributed by atoms with Crippen molar-refractivity contribution in [2.75, 3.05) is 11.9 Å². The first kappa shape index (κ1) is 15.0. The first-order valence-corrected chi connectivity index (χ1v) is 7.23. The molecule has 2 N–H and O–H groups in total. The van der Waals surface area contributed by atoms with Crippen LogP contribution in [0.25, 0.3) is 0 Å². The third-order valence-electron chi connectivity index (χ3n) is 3.33. The Bertz CT molecular complexity index is 610. The molecule has 0 aliphatic carbocycles. The van der Waals surface area contributed by atoms with E-state index in [1.54, 1.807) is 12.4 Å².